The van der Waals surface area contributed by atoms with Crippen LogP contribution >= 0.6 is 0 Å². The SMILES string of the molecule is COc1cc(-c2ccccc2)ccc1CN1CCO[C@@H](C(N)=O)C1. The summed E-state index contributed by atoms with van der Waals surface area (Å²) >= 11 is 0. The second-order valence-corrected chi connectivity index (χ2v) is 5.89. The number of carbonyl (C=O) groups is 1. The van der Waals surface area contributed by atoms with E-state index in [0.29, 0.717) is 19.7 Å². The molecule has 2 aromatic rings. The molecular formula is C19H22N2O3. The predicted molar refractivity (Wildman–Crippen MR) is 92.6 cm³/mol. The minimum absolute atomic E-state index is 0.411. The molecule has 1 fully saturated rings. The van der Waals surface area contributed by atoms with E-state index in [1.54, 1.807) is 7.11 Å². The average molecular weight is 326 g/mol. The molecule has 1 amide bonds. The van der Waals surface area contributed by atoms with Gasteiger partial charge in [-0.15, -0.1) is 0 Å². The molecule has 3 rings (SSSR count). The molecule has 1 atom stereocenters. The Hall–Kier alpha value is -2.37. The van der Waals surface area contributed by atoms with Crippen molar-refractivity contribution in [3.05, 3.63) is 54.1 Å². The van der Waals surface area contributed by atoms with E-state index in [9.17, 15) is 4.79 Å². The summed E-state index contributed by atoms with van der Waals surface area (Å²) in [5.41, 5.74) is 8.71. The van der Waals surface area contributed by atoms with Gasteiger partial charge in [0.15, 0.2) is 0 Å². The minimum atomic E-state index is -0.534. The lowest BCUT2D eigenvalue weighted by Gasteiger charge is -2.31. The summed E-state index contributed by atoms with van der Waals surface area (Å²) in [5.74, 6) is 0.435. The number of nitrogens with two attached hydrogens (primary N) is 1. The van der Waals surface area contributed by atoms with Crippen LogP contribution in [0.4, 0.5) is 0 Å². The van der Waals surface area contributed by atoms with Gasteiger partial charge in [0.2, 0.25) is 5.91 Å². The molecule has 1 heterocycles. The molecule has 0 bridgehead atoms. The van der Waals surface area contributed by atoms with E-state index in [-0.39, 0.29) is 0 Å². The van der Waals surface area contributed by atoms with Gasteiger partial charge in [0.1, 0.15) is 11.9 Å². The van der Waals surface area contributed by atoms with Crippen molar-refractivity contribution in [2.75, 3.05) is 26.8 Å². The van der Waals surface area contributed by atoms with Crippen molar-refractivity contribution in [3.63, 3.8) is 0 Å². The average Bonchev–Trinajstić information content (AvgIpc) is 2.63. The Labute approximate surface area is 142 Å². The van der Waals surface area contributed by atoms with E-state index in [2.05, 4.69) is 35.2 Å². The summed E-state index contributed by atoms with van der Waals surface area (Å²) < 4.78 is 11.0. The Balaban J connectivity index is 1.77. The second kappa shape index (κ2) is 7.47. The first-order valence-electron chi connectivity index (χ1n) is 8.03. The minimum Gasteiger partial charge on any atom is -0.496 e. The molecule has 126 valence electrons. The third-order valence-corrected chi connectivity index (χ3v) is 4.26. The summed E-state index contributed by atoms with van der Waals surface area (Å²) in [4.78, 5) is 13.5. The highest BCUT2D eigenvalue weighted by Crippen LogP contribution is 2.28. The smallest absolute Gasteiger partial charge is 0.247 e. The Morgan fingerprint density at radius 2 is 2.04 bits per heavy atom. The van der Waals surface area contributed by atoms with Crippen molar-refractivity contribution in [2.45, 2.75) is 12.6 Å². The number of morpholine rings is 1. The molecule has 1 aliphatic rings. The molecule has 0 aromatic heterocycles. The molecule has 1 aliphatic heterocycles. The van der Waals surface area contributed by atoms with Crippen molar-refractivity contribution in [1.29, 1.82) is 0 Å². The van der Waals surface area contributed by atoms with Crippen LogP contribution in [-0.2, 0) is 16.1 Å². The van der Waals surface area contributed by atoms with E-state index in [0.717, 1.165) is 29.0 Å². The third kappa shape index (κ3) is 3.75. The number of hydrogen-bond acceptors (Lipinski definition) is 4. The molecule has 0 spiro atoms. The molecule has 0 aliphatic carbocycles. The van der Waals surface area contributed by atoms with Gasteiger partial charge in [-0.3, -0.25) is 9.69 Å². The van der Waals surface area contributed by atoms with Crippen LogP contribution in [0.5, 0.6) is 5.75 Å². The quantitative estimate of drug-likeness (QED) is 0.913. The predicted octanol–water partition coefficient (Wildman–Crippen LogP) is 2.05. The molecule has 5 heteroatoms. The molecule has 2 aromatic carbocycles. The number of rotatable bonds is 5. The molecule has 24 heavy (non-hydrogen) atoms. The lowest BCUT2D eigenvalue weighted by Crippen LogP contribution is -2.47. The normalized spacial score (nSPS) is 18.3. The van der Waals surface area contributed by atoms with Crippen LogP contribution in [-0.4, -0.2) is 43.7 Å². The van der Waals surface area contributed by atoms with Crippen molar-refractivity contribution < 1.29 is 14.3 Å². The number of primary amides is 1. The summed E-state index contributed by atoms with van der Waals surface area (Å²) in [7, 11) is 1.68. The fraction of sp³-hybridized carbons (Fsp3) is 0.316. The van der Waals surface area contributed by atoms with E-state index < -0.39 is 12.0 Å². The van der Waals surface area contributed by atoms with Crippen molar-refractivity contribution in [1.82, 2.24) is 4.90 Å². The zero-order valence-electron chi connectivity index (χ0n) is 13.8. The molecule has 1 saturated heterocycles. The maximum atomic E-state index is 11.3. The fourth-order valence-corrected chi connectivity index (χ4v) is 2.94. The number of methoxy groups -OCH3 is 1. The lowest BCUT2D eigenvalue weighted by molar-refractivity contribution is -0.135. The highest BCUT2D eigenvalue weighted by molar-refractivity contribution is 5.79. The van der Waals surface area contributed by atoms with E-state index in [1.165, 1.54) is 0 Å². The van der Waals surface area contributed by atoms with Gasteiger partial charge in [-0.05, 0) is 17.2 Å². The maximum Gasteiger partial charge on any atom is 0.247 e. The van der Waals surface area contributed by atoms with Gasteiger partial charge in [0.25, 0.3) is 0 Å². The zero-order valence-corrected chi connectivity index (χ0v) is 13.8. The first-order chi connectivity index (χ1) is 11.7. The van der Waals surface area contributed by atoms with Gasteiger partial charge in [-0.2, -0.15) is 0 Å². The number of benzene rings is 2. The van der Waals surface area contributed by atoms with Crippen molar-refractivity contribution in [2.24, 2.45) is 5.73 Å². The number of nitrogens with zero attached hydrogens (tertiary/aromatic N) is 1. The molecule has 0 saturated carbocycles. The summed E-state index contributed by atoms with van der Waals surface area (Å²) in [6.45, 7) is 2.50. The number of ether oxygens (including phenoxy) is 2. The summed E-state index contributed by atoms with van der Waals surface area (Å²) in [6.07, 6.45) is -0.534. The molecule has 0 radical (unpaired) electrons. The number of carbonyl (C=O) groups excluding carboxylic acids is 1. The van der Waals surface area contributed by atoms with E-state index >= 15 is 0 Å². The number of hydrogen-bond donors (Lipinski definition) is 1. The van der Waals surface area contributed by atoms with Crippen LogP contribution in [0.3, 0.4) is 0 Å². The Bertz CT molecular complexity index is 703. The van der Waals surface area contributed by atoms with Crippen LogP contribution < -0.4 is 10.5 Å². The molecule has 0 unspecified atom stereocenters. The van der Waals surface area contributed by atoms with Crippen molar-refractivity contribution >= 4 is 5.91 Å². The summed E-state index contributed by atoms with van der Waals surface area (Å²) in [5, 5.41) is 0. The molecule has 2 N–H and O–H groups in total. The zero-order chi connectivity index (χ0) is 16.9. The highest BCUT2D eigenvalue weighted by Gasteiger charge is 2.25. The first-order valence-corrected chi connectivity index (χ1v) is 8.03. The first kappa shape index (κ1) is 16.5. The monoisotopic (exact) mass is 326 g/mol. The maximum absolute atomic E-state index is 11.3. The Morgan fingerprint density at radius 1 is 1.25 bits per heavy atom. The Kier molecular flexibility index (Phi) is 5.13. The summed E-state index contributed by atoms with van der Waals surface area (Å²) in [6, 6.07) is 16.4. The number of amides is 1. The van der Waals surface area contributed by atoms with Gasteiger partial charge >= 0.3 is 0 Å². The highest BCUT2D eigenvalue weighted by atomic mass is 16.5. The molecular weight excluding hydrogens is 304 g/mol. The van der Waals surface area contributed by atoms with Crippen LogP contribution in [0.2, 0.25) is 0 Å². The van der Waals surface area contributed by atoms with Crippen LogP contribution in [0.15, 0.2) is 48.5 Å². The van der Waals surface area contributed by atoms with Gasteiger partial charge in [0.05, 0.1) is 13.7 Å². The third-order valence-electron chi connectivity index (χ3n) is 4.26. The van der Waals surface area contributed by atoms with Gasteiger partial charge in [0, 0.05) is 25.2 Å². The van der Waals surface area contributed by atoms with Gasteiger partial charge in [-0.1, -0.05) is 42.5 Å². The van der Waals surface area contributed by atoms with Crippen LogP contribution in [0.25, 0.3) is 11.1 Å². The van der Waals surface area contributed by atoms with Crippen LogP contribution in [0, 0.1) is 0 Å². The van der Waals surface area contributed by atoms with E-state index in [4.69, 9.17) is 15.2 Å². The second-order valence-electron chi connectivity index (χ2n) is 5.89. The van der Waals surface area contributed by atoms with Gasteiger partial charge < -0.3 is 15.2 Å². The van der Waals surface area contributed by atoms with Crippen molar-refractivity contribution in [3.8, 4) is 16.9 Å². The standard InChI is InChI=1S/C19H22N2O3/c1-23-17-11-15(14-5-3-2-4-6-14)7-8-16(17)12-21-9-10-24-18(13-21)19(20)22/h2-8,11,18H,9-10,12-13H2,1H3,(H2,20,22)/t18-/m1/s1. The fourth-order valence-electron chi connectivity index (χ4n) is 2.94. The van der Waals surface area contributed by atoms with Crippen LogP contribution in [0.1, 0.15) is 5.56 Å². The lowest BCUT2D eigenvalue weighted by atomic mass is 10.0. The molecule has 5 nitrogen and oxygen atoms in total. The largest absolute Gasteiger partial charge is 0.496 e. The van der Waals surface area contributed by atoms with Gasteiger partial charge in [-0.25, -0.2) is 0 Å². The van der Waals surface area contributed by atoms with E-state index in [1.807, 2.05) is 18.2 Å². The topological polar surface area (TPSA) is 64.8 Å². The Morgan fingerprint density at radius 3 is 2.75 bits per heavy atom.